The van der Waals surface area contributed by atoms with Crippen LogP contribution in [0.2, 0.25) is 10.0 Å². The zero-order valence-corrected chi connectivity index (χ0v) is 25.4. The molecular weight excluding hydrogens is 569 g/mol. The molecule has 0 fully saturated rings. The van der Waals surface area contributed by atoms with Gasteiger partial charge in [-0.25, -0.2) is 8.42 Å². The predicted octanol–water partition coefficient (Wildman–Crippen LogP) is 5.62. The number of amides is 2. The Kier molecular flexibility index (Phi) is 11.0. The molecule has 10 heteroatoms. The fourth-order valence-electron chi connectivity index (χ4n) is 4.26. The first-order chi connectivity index (χ1) is 18.9. The minimum Gasteiger partial charge on any atom is -0.352 e. The first-order valence-electron chi connectivity index (χ1n) is 13.0. The van der Waals surface area contributed by atoms with Crippen molar-refractivity contribution < 1.29 is 18.0 Å². The maximum absolute atomic E-state index is 14.1. The fourth-order valence-corrected chi connectivity index (χ4v) is 5.61. The molecule has 3 rings (SSSR count). The van der Waals surface area contributed by atoms with E-state index in [1.165, 1.54) is 23.1 Å². The van der Waals surface area contributed by atoms with Crippen molar-refractivity contribution in [3.8, 4) is 0 Å². The van der Waals surface area contributed by atoms with Crippen LogP contribution in [0.5, 0.6) is 0 Å². The Hall–Kier alpha value is -3.07. The van der Waals surface area contributed by atoms with Gasteiger partial charge in [0.25, 0.3) is 0 Å². The number of benzene rings is 3. The van der Waals surface area contributed by atoms with Crippen molar-refractivity contribution in [3.63, 3.8) is 0 Å². The molecule has 214 valence electrons. The highest BCUT2D eigenvalue weighted by molar-refractivity contribution is 7.92. The van der Waals surface area contributed by atoms with E-state index in [4.69, 9.17) is 23.2 Å². The van der Waals surface area contributed by atoms with E-state index in [1.807, 2.05) is 75.4 Å². The monoisotopic (exact) mass is 603 g/mol. The zero-order valence-electron chi connectivity index (χ0n) is 23.1. The summed E-state index contributed by atoms with van der Waals surface area (Å²) in [6.45, 7) is 5.38. The summed E-state index contributed by atoms with van der Waals surface area (Å²) in [6, 6.07) is 20.4. The number of anilines is 1. The first kappa shape index (κ1) is 31.5. The second-order valence-electron chi connectivity index (χ2n) is 9.87. The van der Waals surface area contributed by atoms with Crippen LogP contribution < -0.4 is 9.62 Å². The van der Waals surface area contributed by atoms with Gasteiger partial charge in [-0.1, -0.05) is 84.7 Å². The molecule has 3 aromatic carbocycles. The Labute approximate surface area is 247 Å². The van der Waals surface area contributed by atoms with Crippen molar-refractivity contribution in [2.24, 2.45) is 0 Å². The summed E-state index contributed by atoms with van der Waals surface area (Å²) >= 11 is 12.3. The Balaban J connectivity index is 2.09. The number of halogens is 2. The highest BCUT2D eigenvalue weighted by Gasteiger charge is 2.33. The molecule has 0 aliphatic rings. The minimum atomic E-state index is -3.92. The third-order valence-electron chi connectivity index (χ3n) is 6.69. The topological polar surface area (TPSA) is 86.8 Å². The third kappa shape index (κ3) is 8.71. The van der Waals surface area contributed by atoms with Crippen molar-refractivity contribution in [1.82, 2.24) is 10.2 Å². The van der Waals surface area contributed by atoms with E-state index in [0.29, 0.717) is 6.42 Å². The van der Waals surface area contributed by atoms with E-state index >= 15 is 0 Å². The van der Waals surface area contributed by atoms with Gasteiger partial charge >= 0.3 is 0 Å². The van der Waals surface area contributed by atoms with Gasteiger partial charge in [0.1, 0.15) is 12.6 Å². The Morgan fingerprint density at radius 3 is 2.12 bits per heavy atom. The van der Waals surface area contributed by atoms with E-state index in [0.717, 1.165) is 27.3 Å². The van der Waals surface area contributed by atoms with E-state index < -0.39 is 28.5 Å². The van der Waals surface area contributed by atoms with Crippen LogP contribution in [-0.2, 0) is 32.6 Å². The fraction of sp³-hybridized carbons (Fsp3) is 0.333. The van der Waals surface area contributed by atoms with Crippen LogP contribution >= 0.6 is 23.2 Å². The Morgan fingerprint density at radius 1 is 0.950 bits per heavy atom. The highest BCUT2D eigenvalue weighted by Crippen LogP contribution is 2.28. The average molecular weight is 605 g/mol. The molecule has 0 saturated carbocycles. The predicted molar refractivity (Wildman–Crippen MR) is 162 cm³/mol. The van der Waals surface area contributed by atoms with Gasteiger partial charge < -0.3 is 10.2 Å². The van der Waals surface area contributed by atoms with E-state index in [1.54, 1.807) is 0 Å². The smallest absolute Gasteiger partial charge is 0.244 e. The van der Waals surface area contributed by atoms with Crippen molar-refractivity contribution in [1.29, 1.82) is 0 Å². The molecule has 3 aromatic rings. The van der Waals surface area contributed by atoms with Gasteiger partial charge in [-0.05, 0) is 55.2 Å². The van der Waals surface area contributed by atoms with E-state index in [-0.39, 0.29) is 40.6 Å². The standard InChI is InChI=1S/C30H35Cl2N3O4S/c1-5-22(3)33-30(37)28(15-23-12-7-6-8-13-23)34(19-24-14-10-9-11-21(24)2)29(36)20-35(40(4,38)39)27-17-25(31)16-26(32)18-27/h6-14,16-18,22,28H,5,15,19-20H2,1-4H3,(H,33,37)/t22-,28+/m1/s1. The Morgan fingerprint density at radius 2 is 1.55 bits per heavy atom. The van der Waals surface area contributed by atoms with Gasteiger partial charge in [-0.15, -0.1) is 0 Å². The molecule has 0 spiro atoms. The molecule has 2 atom stereocenters. The lowest BCUT2D eigenvalue weighted by Crippen LogP contribution is -2.54. The van der Waals surface area contributed by atoms with Crippen LogP contribution in [0.25, 0.3) is 0 Å². The van der Waals surface area contributed by atoms with Gasteiger partial charge in [-0.3, -0.25) is 13.9 Å². The first-order valence-corrected chi connectivity index (χ1v) is 15.6. The quantitative estimate of drug-likeness (QED) is 0.291. The van der Waals surface area contributed by atoms with Gasteiger partial charge in [0.15, 0.2) is 0 Å². The van der Waals surface area contributed by atoms with Gasteiger partial charge in [-0.2, -0.15) is 0 Å². The molecule has 0 bridgehead atoms. The summed E-state index contributed by atoms with van der Waals surface area (Å²) in [4.78, 5) is 29.3. The normalized spacial score (nSPS) is 12.8. The van der Waals surface area contributed by atoms with E-state index in [2.05, 4.69) is 5.32 Å². The molecule has 2 amide bonds. The van der Waals surface area contributed by atoms with Gasteiger partial charge in [0.2, 0.25) is 21.8 Å². The van der Waals surface area contributed by atoms with Gasteiger partial charge in [0, 0.05) is 29.1 Å². The molecule has 0 heterocycles. The Bertz CT molecular complexity index is 1410. The molecule has 40 heavy (non-hydrogen) atoms. The van der Waals surface area contributed by atoms with Crippen LogP contribution in [0.4, 0.5) is 5.69 Å². The number of rotatable bonds is 12. The summed E-state index contributed by atoms with van der Waals surface area (Å²) in [6.07, 6.45) is 1.98. The molecule has 0 unspecified atom stereocenters. The number of nitrogens with one attached hydrogen (secondary N) is 1. The molecule has 0 aliphatic heterocycles. The molecule has 0 radical (unpaired) electrons. The number of hydrogen-bond donors (Lipinski definition) is 1. The van der Waals surface area contributed by atoms with Crippen LogP contribution in [0.3, 0.4) is 0 Å². The second-order valence-corrected chi connectivity index (χ2v) is 12.6. The highest BCUT2D eigenvalue weighted by atomic mass is 35.5. The van der Waals surface area contributed by atoms with Crippen molar-refractivity contribution >= 4 is 50.7 Å². The molecule has 1 N–H and O–H groups in total. The van der Waals surface area contributed by atoms with Crippen molar-refractivity contribution in [3.05, 3.63) is 99.5 Å². The number of sulfonamides is 1. The number of hydrogen-bond acceptors (Lipinski definition) is 4. The maximum Gasteiger partial charge on any atom is 0.244 e. The van der Waals surface area contributed by atoms with Crippen molar-refractivity contribution in [2.45, 2.75) is 52.2 Å². The van der Waals surface area contributed by atoms with Crippen LogP contribution in [0.15, 0.2) is 72.8 Å². The molecule has 0 aromatic heterocycles. The number of nitrogens with zero attached hydrogens (tertiary/aromatic N) is 2. The minimum absolute atomic E-state index is 0.109. The summed E-state index contributed by atoms with van der Waals surface area (Å²) in [5.74, 6) is -0.846. The average Bonchev–Trinajstić information content (AvgIpc) is 2.89. The number of carbonyl (C=O) groups is 2. The molecule has 0 saturated heterocycles. The molecule has 7 nitrogen and oxygen atoms in total. The lowest BCUT2D eigenvalue weighted by molar-refractivity contribution is -0.140. The van der Waals surface area contributed by atoms with Crippen molar-refractivity contribution in [2.75, 3.05) is 17.1 Å². The van der Waals surface area contributed by atoms with E-state index in [9.17, 15) is 18.0 Å². The van der Waals surface area contributed by atoms with Crippen LogP contribution in [0.1, 0.15) is 37.0 Å². The zero-order chi connectivity index (χ0) is 29.4. The largest absolute Gasteiger partial charge is 0.352 e. The second kappa shape index (κ2) is 14.0. The van der Waals surface area contributed by atoms with Crippen LogP contribution in [-0.4, -0.2) is 50.0 Å². The van der Waals surface area contributed by atoms with Gasteiger partial charge in [0.05, 0.1) is 11.9 Å². The summed E-state index contributed by atoms with van der Waals surface area (Å²) < 4.78 is 26.8. The summed E-state index contributed by atoms with van der Waals surface area (Å²) in [5.41, 5.74) is 2.83. The maximum atomic E-state index is 14.1. The SMILES string of the molecule is CC[C@@H](C)NC(=O)[C@H](Cc1ccccc1)N(Cc1ccccc1C)C(=O)CN(c1cc(Cl)cc(Cl)c1)S(C)(=O)=O. The number of aryl methyl sites for hydroxylation is 1. The lowest BCUT2D eigenvalue weighted by Gasteiger charge is -2.34. The number of carbonyl (C=O) groups excluding carboxylic acids is 2. The molecule has 0 aliphatic carbocycles. The van der Waals surface area contributed by atoms with Crippen LogP contribution in [0, 0.1) is 6.92 Å². The lowest BCUT2D eigenvalue weighted by atomic mass is 10.0. The third-order valence-corrected chi connectivity index (χ3v) is 8.27. The summed E-state index contributed by atoms with van der Waals surface area (Å²) in [5, 5.41) is 3.48. The summed E-state index contributed by atoms with van der Waals surface area (Å²) in [7, 11) is -3.92. The molecular formula is C30H35Cl2N3O4S.